The number of hydrogen-bond acceptors (Lipinski definition) is 2. The second-order valence-electron chi connectivity index (χ2n) is 8.35. The lowest BCUT2D eigenvalue weighted by Gasteiger charge is -2.56. The lowest BCUT2D eigenvalue weighted by atomic mass is 9.49. The van der Waals surface area contributed by atoms with E-state index in [-0.39, 0.29) is 11.3 Å². The van der Waals surface area contributed by atoms with Crippen LogP contribution in [0, 0.1) is 30.1 Å². The van der Waals surface area contributed by atoms with Crippen LogP contribution in [0.2, 0.25) is 0 Å². The Morgan fingerprint density at radius 3 is 2.35 bits per heavy atom. The number of carbonyl (C=O) groups excluding carboxylic acids is 1. The van der Waals surface area contributed by atoms with Gasteiger partial charge in [0.05, 0.1) is 12.8 Å². The van der Waals surface area contributed by atoms with Crippen molar-refractivity contribution < 1.29 is 9.53 Å². The zero-order valence-corrected chi connectivity index (χ0v) is 14.2. The summed E-state index contributed by atoms with van der Waals surface area (Å²) in [7, 11) is 1.65. The van der Waals surface area contributed by atoms with Gasteiger partial charge in [-0.15, -0.1) is 0 Å². The van der Waals surface area contributed by atoms with Gasteiger partial charge in [-0.2, -0.15) is 0 Å². The molecule has 1 amide bonds. The van der Waals surface area contributed by atoms with E-state index < -0.39 is 0 Å². The zero-order chi connectivity index (χ0) is 16.0. The SMILES string of the molecule is COc1ccc(C)cc1NC(=O)CC12CC3CC(CC(C3)C1)C2. The number of hydrogen-bond donors (Lipinski definition) is 1. The number of rotatable bonds is 4. The number of carbonyl (C=O) groups is 1. The molecule has 0 aromatic heterocycles. The van der Waals surface area contributed by atoms with Crippen LogP contribution < -0.4 is 10.1 Å². The lowest BCUT2D eigenvalue weighted by Crippen LogP contribution is -2.47. The maximum atomic E-state index is 12.7. The average molecular weight is 313 g/mol. The molecule has 3 nitrogen and oxygen atoms in total. The van der Waals surface area contributed by atoms with Crippen molar-refractivity contribution in [3.63, 3.8) is 0 Å². The van der Waals surface area contributed by atoms with Gasteiger partial charge in [-0.1, -0.05) is 6.07 Å². The van der Waals surface area contributed by atoms with Crippen molar-refractivity contribution in [3.05, 3.63) is 23.8 Å². The first kappa shape index (κ1) is 15.0. The van der Waals surface area contributed by atoms with Crippen molar-refractivity contribution >= 4 is 11.6 Å². The van der Waals surface area contributed by atoms with E-state index in [0.29, 0.717) is 6.42 Å². The van der Waals surface area contributed by atoms with Gasteiger partial charge in [0.25, 0.3) is 0 Å². The summed E-state index contributed by atoms with van der Waals surface area (Å²) < 4.78 is 5.38. The van der Waals surface area contributed by atoms with Crippen LogP contribution in [-0.4, -0.2) is 13.0 Å². The maximum Gasteiger partial charge on any atom is 0.225 e. The van der Waals surface area contributed by atoms with E-state index in [9.17, 15) is 4.79 Å². The van der Waals surface area contributed by atoms with Gasteiger partial charge in [-0.3, -0.25) is 4.79 Å². The minimum atomic E-state index is 0.163. The minimum Gasteiger partial charge on any atom is -0.495 e. The highest BCUT2D eigenvalue weighted by Crippen LogP contribution is 2.61. The predicted molar refractivity (Wildman–Crippen MR) is 91.6 cm³/mol. The normalized spacial score (nSPS) is 34.4. The fraction of sp³-hybridized carbons (Fsp3) is 0.650. The summed E-state index contributed by atoms with van der Waals surface area (Å²) in [4.78, 5) is 12.7. The van der Waals surface area contributed by atoms with Gasteiger partial charge in [-0.05, 0) is 86.3 Å². The first-order chi connectivity index (χ1) is 11.0. The number of anilines is 1. The molecule has 4 aliphatic rings. The highest BCUT2D eigenvalue weighted by molar-refractivity contribution is 5.92. The summed E-state index contributed by atoms with van der Waals surface area (Å²) >= 11 is 0. The molecule has 0 spiro atoms. The molecule has 1 aromatic rings. The van der Waals surface area contributed by atoms with E-state index >= 15 is 0 Å². The number of methoxy groups -OCH3 is 1. The second-order valence-corrected chi connectivity index (χ2v) is 8.35. The third-order valence-corrected chi connectivity index (χ3v) is 6.33. The van der Waals surface area contributed by atoms with Crippen molar-refractivity contribution in [2.45, 2.75) is 51.9 Å². The Morgan fingerprint density at radius 1 is 1.17 bits per heavy atom. The summed E-state index contributed by atoms with van der Waals surface area (Å²) in [5.41, 5.74) is 2.23. The maximum absolute atomic E-state index is 12.7. The molecule has 4 fully saturated rings. The van der Waals surface area contributed by atoms with Gasteiger partial charge in [0.15, 0.2) is 0 Å². The molecule has 1 aromatic carbocycles. The molecule has 0 heterocycles. The molecule has 0 radical (unpaired) electrons. The quantitative estimate of drug-likeness (QED) is 0.885. The highest BCUT2D eigenvalue weighted by Gasteiger charge is 2.51. The minimum absolute atomic E-state index is 0.163. The van der Waals surface area contributed by atoms with Crippen LogP contribution in [0.25, 0.3) is 0 Å². The molecule has 0 unspecified atom stereocenters. The molecule has 4 aliphatic carbocycles. The van der Waals surface area contributed by atoms with Crippen LogP contribution in [0.3, 0.4) is 0 Å². The summed E-state index contributed by atoms with van der Waals surface area (Å²) in [5, 5.41) is 3.11. The lowest BCUT2D eigenvalue weighted by molar-refractivity contribution is -0.124. The number of nitrogens with one attached hydrogen (secondary N) is 1. The first-order valence-electron chi connectivity index (χ1n) is 9.00. The van der Waals surface area contributed by atoms with Crippen molar-refractivity contribution in [1.29, 1.82) is 0 Å². The number of amides is 1. The topological polar surface area (TPSA) is 38.3 Å². The van der Waals surface area contributed by atoms with E-state index in [1.807, 2.05) is 25.1 Å². The second kappa shape index (κ2) is 5.54. The van der Waals surface area contributed by atoms with Crippen LogP contribution in [-0.2, 0) is 4.79 Å². The van der Waals surface area contributed by atoms with Crippen LogP contribution in [0.1, 0.15) is 50.5 Å². The summed E-state index contributed by atoms with van der Waals surface area (Å²) in [6.45, 7) is 2.04. The first-order valence-corrected chi connectivity index (χ1v) is 9.00. The third kappa shape index (κ3) is 2.86. The van der Waals surface area contributed by atoms with Crippen LogP contribution in [0.15, 0.2) is 18.2 Å². The average Bonchev–Trinajstić information content (AvgIpc) is 2.45. The molecule has 4 saturated carbocycles. The largest absolute Gasteiger partial charge is 0.495 e. The molecule has 0 saturated heterocycles. The fourth-order valence-corrected chi connectivity index (χ4v) is 5.96. The van der Waals surface area contributed by atoms with E-state index in [2.05, 4.69) is 5.32 Å². The van der Waals surface area contributed by atoms with Gasteiger partial charge < -0.3 is 10.1 Å². The summed E-state index contributed by atoms with van der Waals surface area (Å²) in [6, 6.07) is 5.93. The molecule has 0 aliphatic heterocycles. The third-order valence-electron chi connectivity index (χ3n) is 6.33. The van der Waals surface area contributed by atoms with Crippen LogP contribution in [0.5, 0.6) is 5.75 Å². The predicted octanol–water partition coefficient (Wildman–Crippen LogP) is 4.55. The Labute approximate surface area is 138 Å². The molecule has 3 heteroatoms. The number of benzene rings is 1. The Bertz CT molecular complexity index is 587. The Balaban J connectivity index is 1.47. The number of ether oxygens (including phenoxy) is 1. The molecule has 4 bridgehead atoms. The Kier molecular flexibility index (Phi) is 3.62. The fourth-order valence-electron chi connectivity index (χ4n) is 5.96. The molecular weight excluding hydrogens is 286 g/mol. The molecule has 124 valence electrons. The van der Waals surface area contributed by atoms with Gasteiger partial charge in [-0.25, -0.2) is 0 Å². The van der Waals surface area contributed by atoms with Crippen LogP contribution in [0.4, 0.5) is 5.69 Å². The van der Waals surface area contributed by atoms with E-state index in [1.165, 1.54) is 38.5 Å². The Morgan fingerprint density at radius 2 is 1.78 bits per heavy atom. The van der Waals surface area contributed by atoms with Gasteiger partial charge in [0.1, 0.15) is 5.75 Å². The molecule has 1 N–H and O–H groups in total. The van der Waals surface area contributed by atoms with Gasteiger partial charge in [0.2, 0.25) is 5.91 Å². The van der Waals surface area contributed by atoms with Crippen molar-refractivity contribution in [2.24, 2.45) is 23.2 Å². The zero-order valence-electron chi connectivity index (χ0n) is 14.2. The smallest absolute Gasteiger partial charge is 0.225 e. The molecular formula is C20H27NO2. The number of aryl methyl sites for hydroxylation is 1. The van der Waals surface area contributed by atoms with Crippen molar-refractivity contribution in [3.8, 4) is 5.75 Å². The molecule has 5 rings (SSSR count). The summed E-state index contributed by atoms with van der Waals surface area (Å²) in [5.74, 6) is 3.58. The Hall–Kier alpha value is -1.51. The monoisotopic (exact) mass is 313 g/mol. The molecule has 0 atom stereocenters. The summed E-state index contributed by atoms with van der Waals surface area (Å²) in [6.07, 6.45) is 8.78. The van der Waals surface area contributed by atoms with Crippen molar-refractivity contribution in [1.82, 2.24) is 0 Å². The van der Waals surface area contributed by atoms with Crippen molar-refractivity contribution in [2.75, 3.05) is 12.4 Å². The molecule has 23 heavy (non-hydrogen) atoms. The van der Waals surface area contributed by atoms with E-state index in [0.717, 1.165) is 34.8 Å². The van der Waals surface area contributed by atoms with E-state index in [4.69, 9.17) is 4.74 Å². The van der Waals surface area contributed by atoms with Crippen LogP contribution >= 0.6 is 0 Å². The van der Waals surface area contributed by atoms with E-state index in [1.54, 1.807) is 7.11 Å². The standard InChI is InChI=1S/C20H27NO2/c1-13-3-4-18(23-2)17(5-13)21-19(22)12-20-9-14-6-15(10-20)8-16(7-14)11-20/h3-5,14-16H,6-12H2,1-2H3,(H,21,22). The van der Waals surface area contributed by atoms with Gasteiger partial charge in [0, 0.05) is 6.42 Å². The van der Waals surface area contributed by atoms with Gasteiger partial charge >= 0.3 is 0 Å². The highest BCUT2D eigenvalue weighted by atomic mass is 16.5.